The van der Waals surface area contributed by atoms with Gasteiger partial charge in [-0.3, -0.25) is 9.36 Å². The van der Waals surface area contributed by atoms with Crippen molar-refractivity contribution in [2.24, 2.45) is 0 Å². The third-order valence-corrected chi connectivity index (χ3v) is 6.73. The van der Waals surface area contributed by atoms with Crippen molar-refractivity contribution < 1.29 is 9.53 Å². The number of carbonyl (C=O) groups is 1. The van der Waals surface area contributed by atoms with Gasteiger partial charge >= 0.3 is 6.03 Å². The lowest BCUT2D eigenvalue weighted by Crippen LogP contribution is -2.40. The van der Waals surface area contributed by atoms with Crippen LogP contribution in [0.5, 0.6) is 5.75 Å². The summed E-state index contributed by atoms with van der Waals surface area (Å²) in [7, 11) is 1.57. The topological polar surface area (TPSA) is 76.5 Å². The molecule has 0 aliphatic heterocycles. The second kappa shape index (κ2) is 10.8. The van der Waals surface area contributed by atoms with Gasteiger partial charge in [0.15, 0.2) is 0 Å². The van der Waals surface area contributed by atoms with Crippen LogP contribution in [0.2, 0.25) is 0 Å². The van der Waals surface area contributed by atoms with E-state index in [4.69, 9.17) is 9.72 Å². The molecule has 7 nitrogen and oxygen atoms in total. The summed E-state index contributed by atoms with van der Waals surface area (Å²) in [6, 6.07) is 27.6. The van der Waals surface area contributed by atoms with Crippen LogP contribution in [0.25, 0.3) is 27.4 Å². The van der Waals surface area contributed by atoms with Gasteiger partial charge in [-0.15, -0.1) is 0 Å². The third-order valence-electron chi connectivity index (χ3n) is 6.73. The number of anilines is 1. The highest BCUT2D eigenvalue weighted by Gasteiger charge is 2.27. The molecule has 0 spiro atoms. The van der Waals surface area contributed by atoms with Gasteiger partial charge in [0, 0.05) is 11.9 Å². The predicted molar refractivity (Wildman–Crippen MR) is 152 cm³/mol. The molecule has 0 saturated carbocycles. The summed E-state index contributed by atoms with van der Waals surface area (Å²) in [6.45, 7) is 4.40. The standard InChI is InChI=1S/C31H30N4O3/c1-4-20-34(31(37)33-25-17-11-13-22-12-5-6-14-23(22)25)21(2)29-32-26-16-8-7-15-24(26)30(36)35(29)27-18-9-10-19-28(27)38-3/h5-19,21H,4,20H2,1-3H3,(H,33,37). The summed E-state index contributed by atoms with van der Waals surface area (Å²) in [5.74, 6) is 1.00. The number of ether oxygens (including phenoxy) is 1. The van der Waals surface area contributed by atoms with Crippen LogP contribution in [0, 0.1) is 0 Å². The lowest BCUT2D eigenvalue weighted by Gasteiger charge is -2.30. The number of carbonyl (C=O) groups excluding carboxylic acids is 1. The van der Waals surface area contributed by atoms with Crippen molar-refractivity contribution in [2.45, 2.75) is 26.3 Å². The molecule has 0 fully saturated rings. The number of para-hydroxylation sites is 3. The Morgan fingerprint density at radius 2 is 1.63 bits per heavy atom. The molecule has 0 aliphatic rings. The van der Waals surface area contributed by atoms with Crippen LogP contribution in [-0.2, 0) is 0 Å². The molecule has 1 N–H and O–H groups in total. The van der Waals surface area contributed by atoms with Crippen LogP contribution in [0.1, 0.15) is 32.1 Å². The molecule has 7 heteroatoms. The van der Waals surface area contributed by atoms with Crippen molar-refractivity contribution >= 4 is 33.4 Å². The Hall–Kier alpha value is -4.65. The minimum atomic E-state index is -0.521. The Balaban J connectivity index is 1.63. The summed E-state index contributed by atoms with van der Waals surface area (Å²) in [6.07, 6.45) is 0.736. The van der Waals surface area contributed by atoms with E-state index in [2.05, 4.69) is 5.32 Å². The molecule has 0 bridgehead atoms. The van der Waals surface area contributed by atoms with E-state index in [0.29, 0.717) is 34.7 Å². The van der Waals surface area contributed by atoms with Gasteiger partial charge in [-0.1, -0.05) is 67.6 Å². The van der Waals surface area contributed by atoms with Gasteiger partial charge in [-0.2, -0.15) is 0 Å². The second-order valence-corrected chi connectivity index (χ2v) is 9.13. The van der Waals surface area contributed by atoms with Crippen molar-refractivity contribution in [3.63, 3.8) is 0 Å². The van der Waals surface area contributed by atoms with Crippen LogP contribution >= 0.6 is 0 Å². The predicted octanol–water partition coefficient (Wildman–Crippen LogP) is 6.55. The molecule has 1 aromatic heterocycles. The smallest absolute Gasteiger partial charge is 0.322 e. The van der Waals surface area contributed by atoms with Crippen LogP contribution in [0.3, 0.4) is 0 Å². The maximum Gasteiger partial charge on any atom is 0.322 e. The maximum atomic E-state index is 13.9. The van der Waals surface area contributed by atoms with Crippen molar-refractivity contribution in [1.29, 1.82) is 0 Å². The normalized spacial score (nSPS) is 11.9. The number of rotatable bonds is 7. The molecule has 2 amide bonds. The van der Waals surface area contributed by atoms with E-state index in [1.54, 1.807) is 22.6 Å². The molecule has 4 aromatic carbocycles. The summed E-state index contributed by atoms with van der Waals surface area (Å²) >= 11 is 0. The van der Waals surface area contributed by atoms with Crippen molar-refractivity contribution in [2.75, 3.05) is 19.0 Å². The molecule has 1 unspecified atom stereocenters. The van der Waals surface area contributed by atoms with E-state index in [-0.39, 0.29) is 11.6 Å². The molecule has 192 valence electrons. The summed E-state index contributed by atoms with van der Waals surface area (Å²) < 4.78 is 7.17. The first-order valence-corrected chi connectivity index (χ1v) is 12.7. The number of nitrogens with zero attached hydrogens (tertiary/aromatic N) is 3. The molecule has 0 radical (unpaired) electrons. The van der Waals surface area contributed by atoms with Crippen molar-refractivity contribution in [3.8, 4) is 11.4 Å². The maximum absolute atomic E-state index is 13.9. The molecule has 5 aromatic rings. The van der Waals surface area contributed by atoms with Crippen molar-refractivity contribution in [1.82, 2.24) is 14.5 Å². The average Bonchev–Trinajstić information content (AvgIpc) is 2.95. The highest BCUT2D eigenvalue weighted by Crippen LogP contribution is 2.29. The van der Waals surface area contributed by atoms with Crippen LogP contribution in [0.4, 0.5) is 10.5 Å². The number of fused-ring (bicyclic) bond motifs is 2. The molecular formula is C31H30N4O3. The molecule has 0 saturated heterocycles. The van der Waals surface area contributed by atoms with Crippen molar-refractivity contribution in [3.05, 3.63) is 107 Å². The molecule has 0 aliphatic carbocycles. The Morgan fingerprint density at radius 3 is 2.42 bits per heavy atom. The summed E-state index contributed by atoms with van der Waals surface area (Å²) in [4.78, 5) is 34.3. The number of methoxy groups -OCH3 is 1. The van der Waals surface area contributed by atoms with Gasteiger partial charge < -0.3 is 15.0 Å². The zero-order chi connectivity index (χ0) is 26.6. The van der Waals surface area contributed by atoms with E-state index in [1.807, 2.05) is 98.8 Å². The fourth-order valence-electron chi connectivity index (χ4n) is 4.85. The first kappa shape index (κ1) is 25.0. The minimum Gasteiger partial charge on any atom is -0.495 e. The summed E-state index contributed by atoms with van der Waals surface area (Å²) in [5, 5.41) is 5.60. The first-order valence-electron chi connectivity index (χ1n) is 12.7. The highest BCUT2D eigenvalue weighted by atomic mass is 16.5. The van der Waals surface area contributed by atoms with E-state index >= 15 is 0 Å². The van der Waals surface area contributed by atoms with Crippen LogP contribution in [-0.4, -0.2) is 34.1 Å². The SMILES string of the molecule is CCCN(C(=O)Nc1cccc2ccccc12)C(C)c1nc2ccccc2c(=O)n1-c1ccccc1OC. The van der Waals surface area contributed by atoms with Gasteiger partial charge in [-0.25, -0.2) is 9.78 Å². The average molecular weight is 507 g/mol. The largest absolute Gasteiger partial charge is 0.495 e. The minimum absolute atomic E-state index is 0.215. The first-order chi connectivity index (χ1) is 18.5. The number of amides is 2. The summed E-state index contributed by atoms with van der Waals surface area (Å²) in [5.41, 5.74) is 1.67. The van der Waals surface area contributed by atoms with E-state index in [0.717, 1.165) is 22.9 Å². The highest BCUT2D eigenvalue weighted by molar-refractivity contribution is 6.01. The zero-order valence-electron chi connectivity index (χ0n) is 21.7. The third kappa shape index (κ3) is 4.59. The molecule has 1 atom stereocenters. The van der Waals surface area contributed by atoms with Gasteiger partial charge in [0.2, 0.25) is 0 Å². The van der Waals surface area contributed by atoms with Gasteiger partial charge in [0.25, 0.3) is 5.56 Å². The van der Waals surface area contributed by atoms with E-state index in [9.17, 15) is 9.59 Å². The number of nitrogens with one attached hydrogen (secondary N) is 1. The number of urea groups is 1. The fourth-order valence-corrected chi connectivity index (χ4v) is 4.85. The van der Waals surface area contributed by atoms with Gasteiger partial charge in [0.05, 0.1) is 35.4 Å². The second-order valence-electron chi connectivity index (χ2n) is 9.13. The van der Waals surface area contributed by atoms with E-state index < -0.39 is 6.04 Å². The molecule has 5 rings (SSSR count). The number of hydrogen-bond acceptors (Lipinski definition) is 4. The monoisotopic (exact) mass is 506 g/mol. The zero-order valence-corrected chi connectivity index (χ0v) is 21.7. The molecule has 38 heavy (non-hydrogen) atoms. The fraction of sp³-hybridized carbons (Fsp3) is 0.194. The Morgan fingerprint density at radius 1 is 0.947 bits per heavy atom. The van der Waals surface area contributed by atoms with Crippen LogP contribution < -0.4 is 15.6 Å². The van der Waals surface area contributed by atoms with Gasteiger partial charge in [-0.05, 0) is 49.1 Å². The Labute approximate surface area is 221 Å². The Bertz CT molecular complexity index is 1670. The number of aromatic nitrogens is 2. The lowest BCUT2D eigenvalue weighted by molar-refractivity contribution is 0.189. The Kier molecular flexibility index (Phi) is 7.09. The molecule has 1 heterocycles. The number of benzene rings is 4. The quantitative estimate of drug-likeness (QED) is 0.271. The lowest BCUT2D eigenvalue weighted by atomic mass is 10.1. The van der Waals surface area contributed by atoms with Gasteiger partial charge in [0.1, 0.15) is 11.6 Å². The molecular weight excluding hydrogens is 476 g/mol. The number of hydrogen-bond donors (Lipinski definition) is 1. The van der Waals surface area contributed by atoms with Crippen LogP contribution in [0.15, 0.2) is 95.8 Å². The van der Waals surface area contributed by atoms with E-state index in [1.165, 1.54) is 0 Å².